The van der Waals surface area contributed by atoms with Crippen molar-refractivity contribution >= 4 is 28.7 Å². The quantitative estimate of drug-likeness (QED) is 0.803. The predicted octanol–water partition coefficient (Wildman–Crippen LogP) is 2.23. The Kier molecular flexibility index (Phi) is 4.90. The third kappa shape index (κ3) is 3.58. The number of para-hydroxylation sites is 1. The molecule has 0 saturated carbocycles. The Hall–Kier alpha value is -1.95. The Labute approximate surface area is 128 Å². The van der Waals surface area contributed by atoms with E-state index >= 15 is 0 Å². The molecule has 7 heteroatoms. The van der Waals surface area contributed by atoms with Gasteiger partial charge in [0.05, 0.1) is 17.5 Å². The monoisotopic (exact) mass is 310 g/mol. The van der Waals surface area contributed by atoms with Crippen LogP contribution < -0.4 is 15.8 Å². The predicted molar refractivity (Wildman–Crippen MR) is 82.6 cm³/mol. The second-order valence-electron chi connectivity index (χ2n) is 4.89. The molecule has 0 aliphatic heterocycles. The molecule has 114 valence electrons. The Balaban J connectivity index is 2.37. The molecular weight excluding hydrogens is 292 g/mol. The second-order valence-corrected chi connectivity index (χ2v) is 5.16. The van der Waals surface area contributed by atoms with Gasteiger partial charge in [-0.15, -0.1) is 11.6 Å². The van der Waals surface area contributed by atoms with Crippen LogP contribution in [0.3, 0.4) is 0 Å². The van der Waals surface area contributed by atoms with Crippen LogP contribution in [0.2, 0.25) is 0 Å². The van der Waals surface area contributed by atoms with Gasteiger partial charge in [-0.05, 0) is 26.0 Å². The highest BCUT2D eigenvalue weighted by molar-refractivity contribution is 6.16. The molecule has 2 rings (SSSR count). The van der Waals surface area contributed by atoms with Crippen LogP contribution in [0.25, 0.3) is 11.0 Å². The first-order valence-corrected chi connectivity index (χ1v) is 7.30. The number of carbonyl (C=O) groups is 1. The highest BCUT2D eigenvalue weighted by atomic mass is 35.5. The van der Waals surface area contributed by atoms with Gasteiger partial charge in [0.15, 0.2) is 0 Å². The number of carbonyl (C=O) groups excluding carboxylic acids is 1. The molecule has 1 aromatic carbocycles. The van der Waals surface area contributed by atoms with E-state index < -0.39 is 6.03 Å². The summed E-state index contributed by atoms with van der Waals surface area (Å²) >= 11 is 5.97. The fraction of sp³-hybridized carbons (Fsp3) is 0.429. The molecule has 1 aromatic heterocycles. The number of fused-ring (bicyclic) bond motifs is 1. The van der Waals surface area contributed by atoms with Crippen LogP contribution in [0.5, 0.6) is 5.75 Å². The molecule has 0 radical (unpaired) electrons. The van der Waals surface area contributed by atoms with Crippen molar-refractivity contribution in [1.82, 2.24) is 14.9 Å². The zero-order valence-electron chi connectivity index (χ0n) is 12.1. The number of hydrogen-bond acceptors (Lipinski definition) is 3. The van der Waals surface area contributed by atoms with Gasteiger partial charge in [-0.2, -0.15) is 0 Å². The van der Waals surface area contributed by atoms with Crippen molar-refractivity contribution in [2.45, 2.75) is 32.4 Å². The molecule has 0 saturated heterocycles. The number of primary amides is 1. The number of amides is 2. The SMILES string of the molecule is CC(C)Oc1cccc2c1nc(CCl)n2CCNC(N)=O. The van der Waals surface area contributed by atoms with Crippen molar-refractivity contribution in [3.8, 4) is 5.75 Å². The Morgan fingerprint density at radius 3 is 2.90 bits per heavy atom. The average Bonchev–Trinajstić information content (AvgIpc) is 2.77. The maximum atomic E-state index is 10.8. The maximum absolute atomic E-state index is 10.8. The van der Waals surface area contributed by atoms with Crippen LogP contribution in [-0.4, -0.2) is 28.2 Å². The molecule has 0 fully saturated rings. The smallest absolute Gasteiger partial charge is 0.312 e. The van der Waals surface area contributed by atoms with E-state index in [1.807, 2.05) is 36.6 Å². The normalized spacial score (nSPS) is 11.0. The summed E-state index contributed by atoms with van der Waals surface area (Å²) < 4.78 is 7.74. The number of rotatable bonds is 6. The van der Waals surface area contributed by atoms with Gasteiger partial charge in [-0.1, -0.05) is 6.07 Å². The number of halogens is 1. The lowest BCUT2D eigenvalue weighted by Crippen LogP contribution is -2.32. The summed E-state index contributed by atoms with van der Waals surface area (Å²) in [5.41, 5.74) is 6.78. The van der Waals surface area contributed by atoms with Crippen LogP contribution in [0.1, 0.15) is 19.7 Å². The lowest BCUT2D eigenvalue weighted by Gasteiger charge is -2.11. The van der Waals surface area contributed by atoms with Gasteiger partial charge in [0, 0.05) is 13.1 Å². The molecule has 0 spiro atoms. The Morgan fingerprint density at radius 1 is 1.52 bits per heavy atom. The average molecular weight is 311 g/mol. The molecular formula is C14H19ClN4O2. The minimum atomic E-state index is -0.546. The zero-order chi connectivity index (χ0) is 15.4. The largest absolute Gasteiger partial charge is 0.489 e. The first kappa shape index (κ1) is 15.4. The van der Waals surface area contributed by atoms with E-state index in [0.717, 1.165) is 22.6 Å². The van der Waals surface area contributed by atoms with E-state index in [1.165, 1.54) is 0 Å². The van der Waals surface area contributed by atoms with Gasteiger partial charge >= 0.3 is 6.03 Å². The fourth-order valence-electron chi connectivity index (χ4n) is 2.16. The molecule has 0 atom stereocenters. The minimum Gasteiger partial charge on any atom is -0.489 e. The molecule has 3 N–H and O–H groups in total. The first-order valence-electron chi connectivity index (χ1n) is 6.77. The van der Waals surface area contributed by atoms with Gasteiger partial charge in [-0.3, -0.25) is 0 Å². The number of aromatic nitrogens is 2. The molecule has 1 heterocycles. The summed E-state index contributed by atoms with van der Waals surface area (Å²) in [6, 6.07) is 5.21. The number of nitrogens with two attached hydrogens (primary N) is 1. The standard InChI is InChI=1S/C14H19ClN4O2/c1-9(2)21-11-5-3-4-10-13(11)18-12(8-15)19(10)7-6-17-14(16)20/h3-5,9H,6-8H2,1-2H3,(H3,16,17,20). The van der Waals surface area contributed by atoms with Gasteiger partial charge in [0.25, 0.3) is 0 Å². The van der Waals surface area contributed by atoms with Gasteiger partial charge in [0.2, 0.25) is 0 Å². The van der Waals surface area contributed by atoms with Gasteiger partial charge in [0.1, 0.15) is 17.1 Å². The zero-order valence-corrected chi connectivity index (χ0v) is 12.9. The number of nitrogens with one attached hydrogen (secondary N) is 1. The highest BCUT2D eigenvalue weighted by Gasteiger charge is 2.14. The molecule has 0 unspecified atom stereocenters. The number of urea groups is 1. The van der Waals surface area contributed by atoms with Crippen molar-refractivity contribution in [2.75, 3.05) is 6.54 Å². The van der Waals surface area contributed by atoms with Crippen molar-refractivity contribution in [3.63, 3.8) is 0 Å². The number of nitrogens with zero attached hydrogens (tertiary/aromatic N) is 2. The highest BCUT2D eigenvalue weighted by Crippen LogP contribution is 2.27. The van der Waals surface area contributed by atoms with E-state index in [4.69, 9.17) is 22.1 Å². The van der Waals surface area contributed by atoms with Gasteiger partial charge in [-0.25, -0.2) is 9.78 Å². The summed E-state index contributed by atoms with van der Waals surface area (Å²) in [5.74, 6) is 1.75. The third-order valence-corrected chi connectivity index (χ3v) is 3.18. The molecule has 21 heavy (non-hydrogen) atoms. The minimum absolute atomic E-state index is 0.0664. The maximum Gasteiger partial charge on any atom is 0.312 e. The van der Waals surface area contributed by atoms with E-state index in [2.05, 4.69) is 10.3 Å². The summed E-state index contributed by atoms with van der Waals surface area (Å²) in [6.45, 7) is 4.90. The third-order valence-electron chi connectivity index (χ3n) is 2.94. The van der Waals surface area contributed by atoms with Crippen molar-refractivity contribution in [3.05, 3.63) is 24.0 Å². The summed E-state index contributed by atoms with van der Waals surface area (Å²) in [4.78, 5) is 15.3. The molecule has 0 aliphatic carbocycles. The van der Waals surface area contributed by atoms with Crippen molar-refractivity contribution < 1.29 is 9.53 Å². The van der Waals surface area contributed by atoms with Crippen molar-refractivity contribution in [1.29, 1.82) is 0 Å². The van der Waals surface area contributed by atoms with Crippen LogP contribution >= 0.6 is 11.6 Å². The molecule has 2 aromatic rings. The molecule has 0 bridgehead atoms. The number of ether oxygens (including phenoxy) is 1. The summed E-state index contributed by atoms with van der Waals surface area (Å²) in [7, 11) is 0. The van der Waals surface area contributed by atoms with Crippen LogP contribution in [0.4, 0.5) is 4.79 Å². The summed E-state index contributed by atoms with van der Waals surface area (Å²) in [5, 5.41) is 2.56. The fourth-order valence-corrected chi connectivity index (χ4v) is 2.36. The molecule has 2 amide bonds. The molecule has 6 nitrogen and oxygen atoms in total. The van der Waals surface area contributed by atoms with E-state index in [1.54, 1.807) is 0 Å². The number of imidazole rings is 1. The van der Waals surface area contributed by atoms with E-state index in [0.29, 0.717) is 13.1 Å². The Bertz CT molecular complexity index is 639. The van der Waals surface area contributed by atoms with E-state index in [-0.39, 0.29) is 12.0 Å². The topological polar surface area (TPSA) is 82.2 Å². The summed E-state index contributed by atoms with van der Waals surface area (Å²) in [6.07, 6.45) is 0.0664. The van der Waals surface area contributed by atoms with Crippen molar-refractivity contribution in [2.24, 2.45) is 5.73 Å². The Morgan fingerprint density at radius 2 is 2.29 bits per heavy atom. The molecule has 0 aliphatic rings. The van der Waals surface area contributed by atoms with Crippen LogP contribution in [0, 0.1) is 0 Å². The lowest BCUT2D eigenvalue weighted by atomic mass is 10.3. The number of alkyl halides is 1. The van der Waals surface area contributed by atoms with Gasteiger partial charge < -0.3 is 20.4 Å². The van der Waals surface area contributed by atoms with Crippen LogP contribution in [0.15, 0.2) is 18.2 Å². The first-order chi connectivity index (χ1) is 10.0. The number of benzene rings is 1. The lowest BCUT2D eigenvalue weighted by molar-refractivity contribution is 0.245. The van der Waals surface area contributed by atoms with Crippen LogP contribution in [-0.2, 0) is 12.4 Å². The van der Waals surface area contributed by atoms with E-state index in [9.17, 15) is 4.79 Å². The number of hydrogen-bond donors (Lipinski definition) is 2. The second kappa shape index (κ2) is 6.67.